The summed E-state index contributed by atoms with van der Waals surface area (Å²) in [4.78, 5) is 12.1. The Morgan fingerprint density at radius 1 is 1.16 bits per heavy atom. The molecule has 0 radical (unpaired) electrons. The van der Waals surface area contributed by atoms with E-state index in [9.17, 15) is 4.79 Å². The maximum Gasteiger partial charge on any atom is 0.228 e. The third-order valence-electron chi connectivity index (χ3n) is 3.38. The molecule has 1 amide bonds. The van der Waals surface area contributed by atoms with Crippen LogP contribution >= 0.6 is 12.4 Å². The number of hydrogen-bond donors (Lipinski definition) is 2. The topological polar surface area (TPSA) is 73.6 Å². The molecule has 0 aromatic heterocycles. The van der Waals surface area contributed by atoms with Crippen LogP contribution in [0.2, 0.25) is 0 Å². The molecule has 0 aliphatic carbocycles. The van der Waals surface area contributed by atoms with Crippen molar-refractivity contribution < 1.29 is 14.3 Å². The van der Waals surface area contributed by atoms with E-state index in [1.165, 1.54) is 0 Å². The maximum atomic E-state index is 12.1. The van der Waals surface area contributed by atoms with Gasteiger partial charge in [0.1, 0.15) is 11.5 Å². The fraction of sp³-hybridized carbons (Fsp3) is 0.316. The van der Waals surface area contributed by atoms with Crippen LogP contribution < -0.4 is 20.5 Å². The van der Waals surface area contributed by atoms with Crippen LogP contribution in [0.5, 0.6) is 11.5 Å². The fourth-order valence-corrected chi connectivity index (χ4v) is 2.17. The van der Waals surface area contributed by atoms with Crippen molar-refractivity contribution in [2.24, 2.45) is 5.92 Å². The SMILES string of the molecule is COc1ccc(NC(=O)Cc2ccc(OCC(C)C)cc2)cc1N.Cl. The smallest absolute Gasteiger partial charge is 0.228 e. The van der Waals surface area contributed by atoms with Gasteiger partial charge in [-0.3, -0.25) is 4.79 Å². The lowest BCUT2D eigenvalue weighted by atomic mass is 10.1. The fourth-order valence-electron chi connectivity index (χ4n) is 2.17. The highest BCUT2D eigenvalue weighted by Gasteiger charge is 2.07. The van der Waals surface area contributed by atoms with Crippen molar-refractivity contribution in [2.75, 3.05) is 24.8 Å². The van der Waals surface area contributed by atoms with Gasteiger partial charge < -0.3 is 20.5 Å². The average molecular weight is 365 g/mol. The molecule has 0 heterocycles. The monoisotopic (exact) mass is 364 g/mol. The van der Waals surface area contributed by atoms with Gasteiger partial charge in [-0.15, -0.1) is 12.4 Å². The predicted octanol–water partition coefficient (Wildman–Crippen LogP) is 3.92. The molecule has 2 aromatic rings. The molecular formula is C19H25ClN2O3. The van der Waals surface area contributed by atoms with E-state index in [4.69, 9.17) is 15.2 Å². The van der Waals surface area contributed by atoms with E-state index in [0.29, 0.717) is 29.6 Å². The number of halogens is 1. The normalized spacial score (nSPS) is 10.1. The van der Waals surface area contributed by atoms with Crippen LogP contribution in [0.15, 0.2) is 42.5 Å². The second kappa shape index (κ2) is 9.79. The predicted molar refractivity (Wildman–Crippen MR) is 104 cm³/mol. The molecule has 5 nitrogen and oxygen atoms in total. The molecular weight excluding hydrogens is 340 g/mol. The van der Waals surface area contributed by atoms with Crippen LogP contribution in [0.1, 0.15) is 19.4 Å². The molecule has 25 heavy (non-hydrogen) atoms. The zero-order valence-electron chi connectivity index (χ0n) is 14.7. The minimum atomic E-state index is -0.101. The Balaban J connectivity index is 0.00000312. The highest BCUT2D eigenvalue weighted by molar-refractivity contribution is 5.93. The molecule has 0 aliphatic heterocycles. The van der Waals surface area contributed by atoms with Crippen LogP contribution in [-0.2, 0) is 11.2 Å². The Bertz CT molecular complexity index is 688. The van der Waals surface area contributed by atoms with Gasteiger partial charge >= 0.3 is 0 Å². The first-order chi connectivity index (χ1) is 11.5. The van der Waals surface area contributed by atoms with Gasteiger partial charge in [0.05, 0.1) is 25.8 Å². The van der Waals surface area contributed by atoms with E-state index < -0.39 is 0 Å². The van der Waals surface area contributed by atoms with Gasteiger partial charge in [0.2, 0.25) is 5.91 Å². The van der Waals surface area contributed by atoms with Crippen LogP contribution in [0.3, 0.4) is 0 Å². The van der Waals surface area contributed by atoms with E-state index in [1.807, 2.05) is 24.3 Å². The molecule has 0 saturated carbocycles. The number of nitrogens with one attached hydrogen (secondary N) is 1. The van der Waals surface area contributed by atoms with Crippen molar-refractivity contribution in [3.05, 3.63) is 48.0 Å². The minimum Gasteiger partial charge on any atom is -0.495 e. The second-order valence-electron chi connectivity index (χ2n) is 6.03. The maximum absolute atomic E-state index is 12.1. The van der Waals surface area contributed by atoms with Crippen molar-refractivity contribution in [1.29, 1.82) is 0 Å². The molecule has 2 aromatic carbocycles. The molecule has 0 saturated heterocycles. The van der Waals surface area contributed by atoms with E-state index in [0.717, 1.165) is 11.3 Å². The number of hydrogen-bond acceptors (Lipinski definition) is 4. The van der Waals surface area contributed by atoms with Gasteiger partial charge in [0, 0.05) is 5.69 Å². The summed E-state index contributed by atoms with van der Waals surface area (Å²) < 4.78 is 10.7. The van der Waals surface area contributed by atoms with Crippen molar-refractivity contribution in [3.63, 3.8) is 0 Å². The van der Waals surface area contributed by atoms with Gasteiger partial charge in [-0.2, -0.15) is 0 Å². The summed E-state index contributed by atoms with van der Waals surface area (Å²) in [6.45, 7) is 4.88. The summed E-state index contributed by atoms with van der Waals surface area (Å²) in [5.41, 5.74) is 7.89. The van der Waals surface area contributed by atoms with Crippen LogP contribution in [0.25, 0.3) is 0 Å². The summed E-state index contributed by atoms with van der Waals surface area (Å²) in [5, 5.41) is 2.83. The number of amides is 1. The highest BCUT2D eigenvalue weighted by atomic mass is 35.5. The molecule has 3 N–H and O–H groups in total. The van der Waals surface area contributed by atoms with Crippen molar-refractivity contribution in [1.82, 2.24) is 0 Å². The number of carbonyl (C=O) groups is 1. The number of ether oxygens (including phenoxy) is 2. The summed E-state index contributed by atoms with van der Waals surface area (Å²) >= 11 is 0. The Morgan fingerprint density at radius 2 is 1.84 bits per heavy atom. The second-order valence-corrected chi connectivity index (χ2v) is 6.03. The number of nitrogen functional groups attached to an aromatic ring is 1. The number of anilines is 2. The first-order valence-corrected chi connectivity index (χ1v) is 7.93. The Labute approximate surface area is 154 Å². The van der Waals surface area contributed by atoms with Gasteiger partial charge in [-0.25, -0.2) is 0 Å². The van der Waals surface area contributed by atoms with Crippen molar-refractivity contribution >= 4 is 29.7 Å². The van der Waals surface area contributed by atoms with Crippen LogP contribution in [0, 0.1) is 5.92 Å². The van der Waals surface area contributed by atoms with E-state index in [2.05, 4.69) is 19.2 Å². The molecule has 0 bridgehead atoms. The minimum absolute atomic E-state index is 0. The van der Waals surface area contributed by atoms with Gasteiger partial charge in [-0.1, -0.05) is 26.0 Å². The molecule has 6 heteroatoms. The van der Waals surface area contributed by atoms with Crippen LogP contribution in [-0.4, -0.2) is 19.6 Å². The van der Waals surface area contributed by atoms with E-state index in [1.54, 1.807) is 25.3 Å². The standard InChI is InChI=1S/C19H24N2O3.ClH/c1-13(2)12-24-16-7-4-14(5-8-16)10-19(22)21-15-6-9-18(23-3)17(20)11-15;/h4-9,11,13H,10,12,20H2,1-3H3,(H,21,22);1H. The largest absolute Gasteiger partial charge is 0.495 e. The zero-order chi connectivity index (χ0) is 17.5. The number of methoxy groups -OCH3 is 1. The Hall–Kier alpha value is -2.40. The molecule has 136 valence electrons. The molecule has 2 rings (SSSR count). The summed E-state index contributed by atoms with van der Waals surface area (Å²) in [5.74, 6) is 1.78. The van der Waals surface area contributed by atoms with Gasteiger partial charge in [-0.05, 0) is 41.8 Å². The van der Waals surface area contributed by atoms with Gasteiger partial charge in [0.15, 0.2) is 0 Å². The van der Waals surface area contributed by atoms with Crippen molar-refractivity contribution in [2.45, 2.75) is 20.3 Å². The first-order valence-electron chi connectivity index (χ1n) is 7.93. The summed E-state index contributed by atoms with van der Waals surface area (Å²) in [7, 11) is 1.55. The highest BCUT2D eigenvalue weighted by Crippen LogP contribution is 2.24. The number of rotatable bonds is 7. The lowest BCUT2D eigenvalue weighted by Crippen LogP contribution is -2.14. The van der Waals surface area contributed by atoms with Gasteiger partial charge in [0.25, 0.3) is 0 Å². The third kappa shape index (κ3) is 6.55. The number of carbonyl (C=O) groups excluding carboxylic acids is 1. The summed E-state index contributed by atoms with van der Waals surface area (Å²) in [6.07, 6.45) is 0.288. The van der Waals surface area contributed by atoms with Crippen molar-refractivity contribution in [3.8, 4) is 11.5 Å². The summed E-state index contributed by atoms with van der Waals surface area (Å²) in [6, 6.07) is 12.7. The zero-order valence-corrected chi connectivity index (χ0v) is 15.6. The molecule has 0 fully saturated rings. The van der Waals surface area contributed by atoms with E-state index >= 15 is 0 Å². The molecule has 0 aliphatic rings. The van der Waals surface area contributed by atoms with E-state index in [-0.39, 0.29) is 24.7 Å². The molecule has 0 unspecified atom stereocenters. The quantitative estimate of drug-likeness (QED) is 0.730. The molecule has 0 spiro atoms. The number of benzene rings is 2. The van der Waals surface area contributed by atoms with Crippen LogP contribution in [0.4, 0.5) is 11.4 Å². The Morgan fingerprint density at radius 3 is 2.40 bits per heavy atom. The average Bonchev–Trinajstić information content (AvgIpc) is 2.54. The lowest BCUT2D eigenvalue weighted by molar-refractivity contribution is -0.115. The Kier molecular flexibility index (Phi) is 8.08. The third-order valence-corrected chi connectivity index (χ3v) is 3.38. The first kappa shape index (κ1) is 20.6. The number of nitrogens with two attached hydrogens (primary N) is 1. The lowest BCUT2D eigenvalue weighted by Gasteiger charge is -2.10. The molecule has 0 atom stereocenters.